The van der Waals surface area contributed by atoms with Crippen molar-refractivity contribution in [2.75, 3.05) is 18.6 Å². The molecule has 2 rings (SSSR count). The molecule has 86 valence electrons. The summed E-state index contributed by atoms with van der Waals surface area (Å²) in [7, 11) is 1.46. The molecule has 1 fully saturated rings. The molecule has 5 nitrogen and oxygen atoms in total. The first-order valence-corrected chi connectivity index (χ1v) is 5.06. The van der Waals surface area contributed by atoms with Crippen LogP contribution < -0.4 is 9.64 Å². The van der Waals surface area contributed by atoms with E-state index >= 15 is 0 Å². The number of amides is 1. The van der Waals surface area contributed by atoms with E-state index in [1.807, 2.05) is 6.07 Å². The molecular formula is C12H10N2O3. The number of hydrogen-bond acceptors (Lipinski definition) is 4. The summed E-state index contributed by atoms with van der Waals surface area (Å²) in [6.07, 6.45) is -0.0663. The molecule has 17 heavy (non-hydrogen) atoms. The van der Waals surface area contributed by atoms with Gasteiger partial charge in [-0.15, -0.1) is 0 Å². The number of anilines is 1. The van der Waals surface area contributed by atoms with Crippen LogP contribution in [0, 0.1) is 11.3 Å². The average molecular weight is 230 g/mol. The van der Waals surface area contributed by atoms with Crippen LogP contribution >= 0.6 is 0 Å². The molecule has 5 heteroatoms. The van der Waals surface area contributed by atoms with Gasteiger partial charge in [0.2, 0.25) is 5.91 Å². The number of ether oxygens (including phenoxy) is 1. The summed E-state index contributed by atoms with van der Waals surface area (Å²) in [6, 6.07) is 6.75. The minimum atomic E-state index is -0.238. The van der Waals surface area contributed by atoms with E-state index in [-0.39, 0.29) is 24.7 Å². The third kappa shape index (κ3) is 1.97. The van der Waals surface area contributed by atoms with E-state index in [4.69, 9.17) is 10.00 Å². The molecule has 0 aliphatic carbocycles. The second-order valence-corrected chi connectivity index (χ2v) is 3.69. The Labute approximate surface area is 98.2 Å². The van der Waals surface area contributed by atoms with Crippen LogP contribution in [0.5, 0.6) is 5.75 Å². The Bertz CT molecular complexity index is 531. The fraction of sp³-hybridized carbons (Fsp3) is 0.250. The van der Waals surface area contributed by atoms with E-state index < -0.39 is 0 Å². The molecule has 0 spiro atoms. The number of hydrogen-bond donors (Lipinski definition) is 0. The Hall–Kier alpha value is -2.35. The van der Waals surface area contributed by atoms with Gasteiger partial charge in [0.25, 0.3) is 0 Å². The van der Waals surface area contributed by atoms with Crippen molar-refractivity contribution in [1.82, 2.24) is 0 Å². The molecule has 0 atom stereocenters. The topological polar surface area (TPSA) is 70.4 Å². The van der Waals surface area contributed by atoms with Gasteiger partial charge in [0.1, 0.15) is 5.75 Å². The third-order valence-corrected chi connectivity index (χ3v) is 2.58. The molecule has 0 aromatic heterocycles. The van der Waals surface area contributed by atoms with Crippen LogP contribution in [0.4, 0.5) is 5.69 Å². The molecule has 0 bridgehead atoms. The zero-order chi connectivity index (χ0) is 12.4. The lowest BCUT2D eigenvalue weighted by Crippen LogP contribution is -2.25. The van der Waals surface area contributed by atoms with Crippen LogP contribution in [0.25, 0.3) is 0 Å². The molecule has 0 unspecified atom stereocenters. The summed E-state index contributed by atoms with van der Waals surface area (Å²) in [5, 5.41) is 8.77. The van der Waals surface area contributed by atoms with Crippen LogP contribution in [-0.4, -0.2) is 25.3 Å². The van der Waals surface area contributed by atoms with Gasteiger partial charge >= 0.3 is 0 Å². The van der Waals surface area contributed by atoms with Crippen LogP contribution in [0.3, 0.4) is 0 Å². The number of ketones is 1. The van der Waals surface area contributed by atoms with Crippen molar-refractivity contribution in [1.29, 1.82) is 5.26 Å². The summed E-state index contributed by atoms with van der Waals surface area (Å²) >= 11 is 0. The number of nitrogens with zero attached hydrogens (tertiary/aromatic N) is 2. The summed E-state index contributed by atoms with van der Waals surface area (Å²) in [5.74, 6) is 0.0755. The molecular weight excluding hydrogens is 220 g/mol. The maximum Gasteiger partial charge on any atom is 0.235 e. The number of Topliss-reactive ketones (excluding diaryl/α,β-unsaturated/α-hetero) is 1. The number of rotatable bonds is 2. The van der Waals surface area contributed by atoms with Crippen LogP contribution in [0.15, 0.2) is 18.2 Å². The lowest BCUT2D eigenvalue weighted by molar-refractivity contribution is -0.121. The zero-order valence-electron chi connectivity index (χ0n) is 9.27. The number of methoxy groups -OCH3 is 1. The highest BCUT2D eigenvalue weighted by molar-refractivity contribution is 6.15. The Morgan fingerprint density at radius 3 is 2.71 bits per heavy atom. The van der Waals surface area contributed by atoms with Crippen molar-refractivity contribution in [3.8, 4) is 11.8 Å². The van der Waals surface area contributed by atoms with E-state index in [0.29, 0.717) is 17.0 Å². The monoisotopic (exact) mass is 230 g/mol. The largest absolute Gasteiger partial charge is 0.495 e. The fourth-order valence-corrected chi connectivity index (χ4v) is 1.77. The van der Waals surface area contributed by atoms with Gasteiger partial charge in [-0.2, -0.15) is 5.26 Å². The van der Waals surface area contributed by atoms with Gasteiger partial charge in [0.05, 0.1) is 37.4 Å². The number of nitriles is 1. The van der Waals surface area contributed by atoms with Crippen molar-refractivity contribution in [2.45, 2.75) is 6.42 Å². The highest BCUT2D eigenvalue weighted by Crippen LogP contribution is 2.31. The highest BCUT2D eigenvalue weighted by Gasteiger charge is 2.30. The molecule has 1 heterocycles. The first-order chi connectivity index (χ1) is 8.15. The first kappa shape index (κ1) is 11.1. The third-order valence-electron chi connectivity index (χ3n) is 2.58. The molecule has 1 aromatic rings. The molecule has 0 N–H and O–H groups in total. The molecule has 0 saturated carbocycles. The second kappa shape index (κ2) is 4.26. The van der Waals surface area contributed by atoms with Crippen molar-refractivity contribution in [3.05, 3.63) is 23.8 Å². The Balaban J connectivity index is 2.42. The average Bonchev–Trinajstić information content (AvgIpc) is 2.67. The highest BCUT2D eigenvalue weighted by atomic mass is 16.5. The molecule has 1 aliphatic heterocycles. The molecule has 0 radical (unpaired) electrons. The quantitative estimate of drug-likeness (QED) is 0.707. The minimum Gasteiger partial charge on any atom is -0.495 e. The number of carbonyl (C=O) groups is 2. The van der Waals surface area contributed by atoms with E-state index in [9.17, 15) is 9.59 Å². The SMILES string of the molecule is COc1cc(C#N)ccc1N1CC(=O)CC1=O. The van der Waals surface area contributed by atoms with Gasteiger partial charge in [-0.1, -0.05) is 0 Å². The zero-order valence-corrected chi connectivity index (χ0v) is 9.27. The van der Waals surface area contributed by atoms with E-state index in [2.05, 4.69) is 0 Å². The predicted molar refractivity (Wildman–Crippen MR) is 59.7 cm³/mol. The normalized spacial score (nSPS) is 14.9. The second-order valence-electron chi connectivity index (χ2n) is 3.69. The summed E-state index contributed by atoms with van der Waals surface area (Å²) in [5.41, 5.74) is 0.978. The van der Waals surface area contributed by atoms with Gasteiger partial charge in [-0.3, -0.25) is 9.59 Å². The standard InChI is InChI=1S/C12H10N2O3/c1-17-11-4-8(6-13)2-3-10(11)14-7-9(15)5-12(14)16/h2-4H,5,7H2,1H3. The van der Waals surface area contributed by atoms with Gasteiger partial charge in [-0.25, -0.2) is 0 Å². The van der Waals surface area contributed by atoms with Crippen molar-refractivity contribution >= 4 is 17.4 Å². The smallest absolute Gasteiger partial charge is 0.235 e. The van der Waals surface area contributed by atoms with Crippen LogP contribution in [0.2, 0.25) is 0 Å². The molecule has 1 aromatic carbocycles. The van der Waals surface area contributed by atoms with Gasteiger partial charge in [0, 0.05) is 6.07 Å². The van der Waals surface area contributed by atoms with Gasteiger partial charge < -0.3 is 9.64 Å². The Morgan fingerprint density at radius 1 is 1.41 bits per heavy atom. The van der Waals surface area contributed by atoms with Gasteiger partial charge in [-0.05, 0) is 12.1 Å². The van der Waals surface area contributed by atoms with Crippen molar-refractivity contribution in [3.63, 3.8) is 0 Å². The number of carbonyl (C=O) groups excluding carboxylic acids is 2. The minimum absolute atomic E-state index is 0.0663. The van der Waals surface area contributed by atoms with Crippen molar-refractivity contribution in [2.24, 2.45) is 0 Å². The predicted octanol–water partition coefficient (Wildman–Crippen LogP) is 0.873. The lowest BCUT2D eigenvalue weighted by Gasteiger charge is -2.17. The maximum absolute atomic E-state index is 11.6. The first-order valence-electron chi connectivity index (χ1n) is 5.06. The molecule has 1 saturated heterocycles. The molecule has 1 aliphatic rings. The van der Waals surface area contributed by atoms with Crippen LogP contribution in [-0.2, 0) is 9.59 Å². The lowest BCUT2D eigenvalue weighted by atomic mass is 10.2. The van der Waals surface area contributed by atoms with Gasteiger partial charge in [0.15, 0.2) is 5.78 Å². The summed E-state index contributed by atoms with van der Waals surface area (Å²) < 4.78 is 5.13. The summed E-state index contributed by atoms with van der Waals surface area (Å²) in [4.78, 5) is 24.2. The van der Waals surface area contributed by atoms with E-state index in [1.165, 1.54) is 12.0 Å². The Morgan fingerprint density at radius 2 is 2.18 bits per heavy atom. The summed E-state index contributed by atoms with van der Waals surface area (Å²) in [6.45, 7) is 0.0705. The molecule has 1 amide bonds. The van der Waals surface area contributed by atoms with E-state index in [0.717, 1.165) is 0 Å². The maximum atomic E-state index is 11.6. The van der Waals surface area contributed by atoms with E-state index in [1.54, 1.807) is 18.2 Å². The van der Waals surface area contributed by atoms with Crippen LogP contribution in [0.1, 0.15) is 12.0 Å². The Kier molecular flexibility index (Phi) is 2.79. The fourth-order valence-electron chi connectivity index (χ4n) is 1.77. The van der Waals surface area contributed by atoms with Crippen molar-refractivity contribution < 1.29 is 14.3 Å². The number of benzene rings is 1.